The van der Waals surface area contributed by atoms with Crippen molar-refractivity contribution in [3.63, 3.8) is 0 Å². The number of nitrogen functional groups attached to an aromatic ring is 1. The lowest BCUT2D eigenvalue weighted by Crippen LogP contribution is -2.36. The lowest BCUT2D eigenvalue weighted by atomic mass is 9.86. The van der Waals surface area contributed by atoms with Crippen molar-refractivity contribution in [2.75, 3.05) is 6.26 Å². The van der Waals surface area contributed by atoms with Crippen LogP contribution in [0.1, 0.15) is 44.4 Å². The Kier molecular flexibility index (Phi) is 7.54. The van der Waals surface area contributed by atoms with Gasteiger partial charge in [0.2, 0.25) is 0 Å². The molecule has 2 rings (SSSR count). The first kappa shape index (κ1) is 24.5. The van der Waals surface area contributed by atoms with Gasteiger partial charge < -0.3 is 15.7 Å². The van der Waals surface area contributed by atoms with E-state index in [0.717, 1.165) is 22.9 Å². The second-order valence-corrected chi connectivity index (χ2v) is 9.89. The number of sulfone groups is 1. The molecule has 0 spiro atoms. The number of nitrogens with one attached hydrogen (secondary N) is 3. The zero-order valence-electron chi connectivity index (χ0n) is 18.5. The Hall–Kier alpha value is -2.81. The molecule has 0 saturated carbocycles. The van der Waals surface area contributed by atoms with Crippen molar-refractivity contribution in [2.24, 2.45) is 24.6 Å². The van der Waals surface area contributed by atoms with E-state index >= 15 is 0 Å². The van der Waals surface area contributed by atoms with Gasteiger partial charge in [-0.25, -0.2) is 8.42 Å². The minimum Gasteiger partial charge on any atom is -0.384 e. The van der Waals surface area contributed by atoms with Gasteiger partial charge in [-0.3, -0.25) is 15.6 Å². The molecule has 0 radical (unpaired) electrons. The average molecular weight is 446 g/mol. The predicted octanol–water partition coefficient (Wildman–Crippen LogP) is 3.06. The van der Waals surface area contributed by atoms with Gasteiger partial charge in [0.1, 0.15) is 10.9 Å². The third-order valence-electron chi connectivity index (χ3n) is 5.81. The average Bonchev–Trinajstić information content (AvgIpc) is 3.03. The number of benzene rings is 1. The van der Waals surface area contributed by atoms with Crippen LogP contribution in [0.15, 0.2) is 24.3 Å². The van der Waals surface area contributed by atoms with Gasteiger partial charge in [0.05, 0.1) is 11.6 Å². The van der Waals surface area contributed by atoms with Crippen molar-refractivity contribution in [3.8, 4) is 0 Å². The van der Waals surface area contributed by atoms with Crippen molar-refractivity contribution in [1.82, 2.24) is 4.57 Å². The molecule has 0 aliphatic carbocycles. The van der Waals surface area contributed by atoms with Crippen LogP contribution in [0.25, 0.3) is 10.9 Å². The van der Waals surface area contributed by atoms with Crippen LogP contribution in [0.3, 0.4) is 0 Å². The fourth-order valence-corrected chi connectivity index (χ4v) is 4.60. The van der Waals surface area contributed by atoms with E-state index in [1.54, 1.807) is 13.0 Å². The molecule has 0 aliphatic rings. The number of fused-ring (bicyclic) bond motifs is 1. The molecule has 8 nitrogen and oxygen atoms in total. The predicted molar refractivity (Wildman–Crippen MR) is 125 cm³/mol. The van der Waals surface area contributed by atoms with Gasteiger partial charge in [-0.1, -0.05) is 26.0 Å². The molecule has 0 unspecified atom stereocenters. The van der Waals surface area contributed by atoms with E-state index in [0.29, 0.717) is 24.8 Å². The summed E-state index contributed by atoms with van der Waals surface area (Å²) in [6.45, 7) is 3.55. The molecule has 5 N–H and O–H groups in total. The number of amidine groups is 1. The summed E-state index contributed by atoms with van der Waals surface area (Å²) in [5.74, 6) is -1.99. The van der Waals surface area contributed by atoms with Crippen LogP contribution >= 0.6 is 0 Å². The molecule has 0 fully saturated rings. The Morgan fingerprint density at radius 2 is 1.77 bits per heavy atom. The minimum atomic E-state index is -3.77. The molecule has 1 aromatic heterocycles. The quantitative estimate of drug-likeness (QED) is 0.328. The van der Waals surface area contributed by atoms with Crippen LogP contribution in [0.4, 0.5) is 0 Å². The maximum Gasteiger partial charge on any atom is 0.188 e. The van der Waals surface area contributed by atoms with Crippen molar-refractivity contribution < 1.29 is 13.2 Å². The van der Waals surface area contributed by atoms with Gasteiger partial charge in [-0.15, -0.1) is 0 Å². The molecule has 168 valence electrons. The van der Waals surface area contributed by atoms with Crippen molar-refractivity contribution >= 4 is 43.1 Å². The van der Waals surface area contributed by atoms with Crippen LogP contribution < -0.4 is 5.73 Å². The standard InChI is InChI=1S/C22H31N5O3S/c1-5-13(19(23)20(28)17(6-2)22(26)31(4,29)30)9-10-16-11-14-7-8-15(21(24)25)12-18(14)27(16)3/h7-8,11-13,17,23,26H,5-6,9-10H2,1-4H3,(H3,24,25)/t13-,17+/m0/s1. The fraction of sp³-hybridized carbons (Fsp3) is 0.455. The third kappa shape index (κ3) is 5.28. The number of hydrogen-bond donors (Lipinski definition) is 4. The summed E-state index contributed by atoms with van der Waals surface area (Å²) in [5.41, 5.74) is 8.12. The Morgan fingerprint density at radius 3 is 2.29 bits per heavy atom. The number of nitrogens with zero attached hydrogens (tertiary/aromatic N) is 1. The summed E-state index contributed by atoms with van der Waals surface area (Å²) in [7, 11) is -1.84. The lowest BCUT2D eigenvalue weighted by molar-refractivity contribution is -0.115. The molecular formula is C22H31N5O3S. The van der Waals surface area contributed by atoms with E-state index in [9.17, 15) is 13.2 Å². The van der Waals surface area contributed by atoms with E-state index in [4.69, 9.17) is 22.0 Å². The molecule has 1 aromatic carbocycles. The largest absolute Gasteiger partial charge is 0.384 e. The highest BCUT2D eigenvalue weighted by Crippen LogP contribution is 2.24. The SMILES string of the molecule is CC[C@@H](CCc1cc2ccc(C(=N)N)cc2n1C)C(=N)C(=O)[C@@H](CC)C(=N)S(C)(=O)=O. The molecular weight excluding hydrogens is 414 g/mol. The molecule has 2 aromatic rings. The van der Waals surface area contributed by atoms with Crippen LogP contribution in [0.5, 0.6) is 0 Å². The number of carbonyl (C=O) groups excluding carboxylic acids is 1. The molecule has 2 atom stereocenters. The fourth-order valence-electron chi connectivity index (χ4n) is 3.81. The zero-order chi connectivity index (χ0) is 23.5. The van der Waals surface area contributed by atoms with Crippen LogP contribution in [0.2, 0.25) is 0 Å². The van der Waals surface area contributed by atoms with Crippen molar-refractivity contribution in [2.45, 2.75) is 39.5 Å². The number of ketones is 1. The van der Waals surface area contributed by atoms with Crippen molar-refractivity contribution in [1.29, 1.82) is 16.2 Å². The minimum absolute atomic E-state index is 0.00722. The van der Waals surface area contributed by atoms with Gasteiger partial charge in [-0.05, 0) is 43.2 Å². The van der Waals surface area contributed by atoms with E-state index in [2.05, 4.69) is 0 Å². The van der Waals surface area contributed by atoms with Crippen LogP contribution in [-0.4, -0.2) is 41.6 Å². The van der Waals surface area contributed by atoms with Crippen LogP contribution in [0, 0.1) is 28.1 Å². The number of rotatable bonds is 10. The highest BCUT2D eigenvalue weighted by molar-refractivity contribution is 8.05. The lowest BCUT2D eigenvalue weighted by Gasteiger charge is -2.20. The van der Waals surface area contributed by atoms with Crippen molar-refractivity contribution in [3.05, 3.63) is 35.5 Å². The molecule has 0 saturated heterocycles. The third-order valence-corrected chi connectivity index (χ3v) is 6.90. The topological polar surface area (TPSA) is 154 Å². The Labute approximate surface area is 183 Å². The number of hydrogen-bond acceptors (Lipinski definition) is 6. The summed E-state index contributed by atoms with van der Waals surface area (Å²) in [4.78, 5) is 12.8. The molecule has 1 heterocycles. The monoisotopic (exact) mass is 445 g/mol. The smallest absolute Gasteiger partial charge is 0.188 e. The molecule has 0 bridgehead atoms. The Bertz CT molecular complexity index is 1150. The molecule has 9 heteroatoms. The first-order valence-corrected chi connectivity index (χ1v) is 12.1. The maximum absolute atomic E-state index is 12.8. The number of aryl methyl sites for hydroxylation is 2. The highest BCUT2D eigenvalue weighted by atomic mass is 32.2. The maximum atomic E-state index is 12.8. The Balaban J connectivity index is 2.20. The van der Waals surface area contributed by atoms with Gasteiger partial charge in [0, 0.05) is 36.0 Å². The highest BCUT2D eigenvalue weighted by Gasteiger charge is 2.32. The second-order valence-electron chi connectivity index (χ2n) is 7.90. The van der Waals surface area contributed by atoms with E-state index in [-0.39, 0.29) is 23.9 Å². The zero-order valence-corrected chi connectivity index (χ0v) is 19.3. The van der Waals surface area contributed by atoms with Gasteiger partial charge >= 0.3 is 0 Å². The number of Topliss-reactive ketones (excluding diaryl/α,β-unsaturated/α-hetero) is 1. The number of nitrogens with two attached hydrogens (primary N) is 1. The summed E-state index contributed by atoms with van der Waals surface area (Å²) in [5, 5.41) is 24.3. The second kappa shape index (κ2) is 9.55. The summed E-state index contributed by atoms with van der Waals surface area (Å²) >= 11 is 0. The Morgan fingerprint density at radius 1 is 1.13 bits per heavy atom. The molecule has 0 amide bonds. The summed E-state index contributed by atoms with van der Waals surface area (Å²) in [6, 6.07) is 7.64. The number of carbonyl (C=O) groups is 1. The number of aromatic nitrogens is 1. The molecule has 31 heavy (non-hydrogen) atoms. The summed E-state index contributed by atoms with van der Waals surface area (Å²) in [6.07, 6.45) is 2.86. The van der Waals surface area contributed by atoms with Gasteiger partial charge in [-0.2, -0.15) is 0 Å². The van der Waals surface area contributed by atoms with E-state index in [1.807, 2.05) is 36.7 Å². The first-order valence-electron chi connectivity index (χ1n) is 10.3. The normalized spacial score (nSPS) is 13.7. The van der Waals surface area contributed by atoms with Crippen LogP contribution in [-0.2, 0) is 28.1 Å². The van der Waals surface area contributed by atoms with Gasteiger partial charge in [0.25, 0.3) is 0 Å². The van der Waals surface area contributed by atoms with E-state index in [1.165, 1.54) is 0 Å². The summed E-state index contributed by atoms with van der Waals surface area (Å²) < 4.78 is 25.5. The first-order chi connectivity index (χ1) is 14.4. The molecule has 0 aliphatic heterocycles. The van der Waals surface area contributed by atoms with E-state index < -0.39 is 26.6 Å². The van der Waals surface area contributed by atoms with Gasteiger partial charge in [0.15, 0.2) is 15.6 Å².